The highest BCUT2D eigenvalue weighted by Gasteiger charge is 2.26. The predicted molar refractivity (Wildman–Crippen MR) is 74.5 cm³/mol. The molecule has 4 heteroatoms. The summed E-state index contributed by atoms with van der Waals surface area (Å²) >= 11 is 6.03. The first-order valence-corrected chi connectivity index (χ1v) is 6.50. The largest absolute Gasteiger partial charge is 0.494 e. The van der Waals surface area contributed by atoms with Gasteiger partial charge >= 0.3 is 0 Å². The van der Waals surface area contributed by atoms with Crippen LogP contribution in [0.25, 0.3) is 0 Å². The van der Waals surface area contributed by atoms with Crippen LogP contribution < -0.4 is 10.1 Å². The van der Waals surface area contributed by atoms with Crippen molar-refractivity contribution in [1.82, 2.24) is 5.32 Å². The number of benzene rings is 1. The molecular weight excluding hydrogens is 250 g/mol. The first-order valence-electron chi connectivity index (χ1n) is 6.06. The molecule has 1 aromatic carbocycles. The number of nitrogens with one attached hydrogen (secondary N) is 1. The van der Waals surface area contributed by atoms with E-state index in [1.807, 2.05) is 27.7 Å². The minimum Gasteiger partial charge on any atom is -0.494 e. The number of rotatable bonds is 5. The lowest BCUT2D eigenvalue weighted by Gasteiger charge is -2.29. The molecule has 0 aliphatic carbocycles. The maximum atomic E-state index is 12.0. The van der Waals surface area contributed by atoms with Crippen molar-refractivity contribution in [3.05, 3.63) is 29.8 Å². The van der Waals surface area contributed by atoms with Crippen LogP contribution in [-0.2, 0) is 0 Å². The average Bonchev–Trinajstić information content (AvgIpc) is 2.29. The zero-order valence-corrected chi connectivity index (χ0v) is 12.0. The molecule has 1 aromatic rings. The van der Waals surface area contributed by atoms with E-state index in [-0.39, 0.29) is 11.3 Å². The number of halogens is 1. The molecule has 0 fully saturated rings. The van der Waals surface area contributed by atoms with Gasteiger partial charge in [-0.1, -0.05) is 0 Å². The molecule has 1 amide bonds. The van der Waals surface area contributed by atoms with Gasteiger partial charge in [-0.15, -0.1) is 11.6 Å². The van der Waals surface area contributed by atoms with E-state index in [1.165, 1.54) is 0 Å². The molecule has 0 saturated heterocycles. The van der Waals surface area contributed by atoms with Crippen LogP contribution in [-0.4, -0.2) is 23.4 Å². The molecule has 1 rings (SSSR count). The molecule has 18 heavy (non-hydrogen) atoms. The number of ether oxygens (including phenoxy) is 1. The van der Waals surface area contributed by atoms with Crippen LogP contribution in [0.15, 0.2) is 24.3 Å². The number of carbonyl (C=O) groups excluding carboxylic acids is 1. The second-order valence-corrected chi connectivity index (χ2v) is 5.40. The lowest BCUT2D eigenvalue weighted by atomic mass is 10.0. The molecule has 0 saturated carbocycles. The second kappa shape index (κ2) is 6.10. The smallest absolute Gasteiger partial charge is 0.251 e. The topological polar surface area (TPSA) is 38.3 Å². The lowest BCUT2D eigenvalue weighted by Crippen LogP contribution is -2.49. The van der Waals surface area contributed by atoms with Gasteiger partial charge in [0.2, 0.25) is 0 Å². The molecule has 0 aliphatic heterocycles. The molecule has 0 radical (unpaired) electrons. The summed E-state index contributed by atoms with van der Waals surface area (Å²) in [6, 6.07) is 7.07. The lowest BCUT2D eigenvalue weighted by molar-refractivity contribution is 0.0912. The van der Waals surface area contributed by atoms with Crippen molar-refractivity contribution in [2.75, 3.05) is 6.61 Å². The molecule has 100 valence electrons. The highest BCUT2D eigenvalue weighted by molar-refractivity contribution is 6.21. The van der Waals surface area contributed by atoms with Gasteiger partial charge in [0.15, 0.2) is 0 Å². The van der Waals surface area contributed by atoms with Crippen molar-refractivity contribution in [2.45, 2.75) is 38.6 Å². The van der Waals surface area contributed by atoms with Crippen molar-refractivity contribution in [2.24, 2.45) is 0 Å². The monoisotopic (exact) mass is 269 g/mol. The number of hydrogen-bond donors (Lipinski definition) is 1. The maximum Gasteiger partial charge on any atom is 0.251 e. The van der Waals surface area contributed by atoms with Gasteiger partial charge in [-0.3, -0.25) is 4.79 Å². The van der Waals surface area contributed by atoms with Crippen LogP contribution in [0.2, 0.25) is 0 Å². The molecule has 0 bridgehead atoms. The van der Waals surface area contributed by atoms with Gasteiger partial charge in [0.1, 0.15) is 5.75 Å². The molecule has 0 spiro atoms. The van der Waals surface area contributed by atoms with Gasteiger partial charge in [-0.2, -0.15) is 0 Å². The van der Waals surface area contributed by atoms with Crippen LogP contribution >= 0.6 is 11.6 Å². The van der Waals surface area contributed by atoms with Crippen molar-refractivity contribution < 1.29 is 9.53 Å². The fourth-order valence-electron chi connectivity index (χ4n) is 1.33. The molecule has 1 N–H and O–H groups in total. The zero-order chi connectivity index (χ0) is 13.8. The molecule has 0 heterocycles. The Morgan fingerprint density at radius 3 is 2.39 bits per heavy atom. The summed E-state index contributed by atoms with van der Waals surface area (Å²) in [7, 11) is 0. The Balaban J connectivity index is 2.73. The number of hydrogen-bond acceptors (Lipinski definition) is 2. The molecule has 3 nitrogen and oxygen atoms in total. The van der Waals surface area contributed by atoms with E-state index in [4.69, 9.17) is 16.3 Å². The third-order valence-electron chi connectivity index (χ3n) is 2.86. The van der Waals surface area contributed by atoms with E-state index in [2.05, 4.69) is 5.32 Å². The normalized spacial score (nSPS) is 12.9. The third-order valence-corrected chi connectivity index (χ3v) is 3.40. The Bertz CT molecular complexity index is 399. The highest BCUT2D eigenvalue weighted by atomic mass is 35.5. The van der Waals surface area contributed by atoms with E-state index >= 15 is 0 Å². The second-order valence-electron chi connectivity index (χ2n) is 4.75. The molecular formula is C14H20ClNO2. The summed E-state index contributed by atoms with van der Waals surface area (Å²) in [5.74, 6) is 0.634. The quantitative estimate of drug-likeness (QED) is 0.834. The van der Waals surface area contributed by atoms with E-state index in [0.29, 0.717) is 12.2 Å². The van der Waals surface area contributed by atoms with Gasteiger partial charge in [-0.25, -0.2) is 0 Å². The summed E-state index contributed by atoms with van der Waals surface area (Å²) in [5, 5.41) is 2.76. The first kappa shape index (κ1) is 14.8. The Morgan fingerprint density at radius 1 is 1.39 bits per heavy atom. The Morgan fingerprint density at radius 2 is 1.94 bits per heavy atom. The zero-order valence-electron chi connectivity index (χ0n) is 11.3. The minimum atomic E-state index is -0.447. The summed E-state index contributed by atoms with van der Waals surface area (Å²) < 4.78 is 5.33. The summed E-state index contributed by atoms with van der Waals surface area (Å²) in [6.45, 7) is 8.20. The molecule has 1 atom stereocenters. The van der Waals surface area contributed by atoms with Crippen molar-refractivity contribution in [3.8, 4) is 5.75 Å². The Labute approximate surface area is 113 Å². The fourth-order valence-corrected chi connectivity index (χ4v) is 1.39. The number of amides is 1. The number of alkyl halides is 1. The van der Waals surface area contributed by atoms with Crippen molar-refractivity contribution in [1.29, 1.82) is 0 Å². The van der Waals surface area contributed by atoms with Gasteiger partial charge in [0.25, 0.3) is 5.91 Å². The van der Waals surface area contributed by atoms with Gasteiger partial charge < -0.3 is 10.1 Å². The molecule has 1 unspecified atom stereocenters. The van der Waals surface area contributed by atoms with Crippen LogP contribution in [0, 0.1) is 0 Å². The van der Waals surface area contributed by atoms with Gasteiger partial charge in [-0.05, 0) is 52.0 Å². The predicted octanol–water partition coefficient (Wildman–Crippen LogP) is 3.22. The first-order chi connectivity index (χ1) is 8.36. The van der Waals surface area contributed by atoms with Crippen LogP contribution in [0.5, 0.6) is 5.75 Å². The Hall–Kier alpha value is -1.22. The highest BCUT2D eigenvalue weighted by Crippen LogP contribution is 2.17. The minimum absolute atomic E-state index is 0.129. The van der Waals surface area contributed by atoms with Crippen molar-refractivity contribution >= 4 is 17.5 Å². The van der Waals surface area contributed by atoms with Crippen LogP contribution in [0.1, 0.15) is 38.1 Å². The third kappa shape index (κ3) is 3.91. The standard InChI is InChI=1S/C14H20ClNO2/c1-5-18-12-8-6-11(7-9-12)13(17)16-14(3,4)10(2)15/h6-10H,5H2,1-4H3,(H,16,17). The van der Waals surface area contributed by atoms with Crippen molar-refractivity contribution in [3.63, 3.8) is 0 Å². The van der Waals surface area contributed by atoms with Crippen LogP contribution in [0.4, 0.5) is 0 Å². The SMILES string of the molecule is CCOc1ccc(C(=O)NC(C)(C)C(C)Cl)cc1. The van der Waals surface area contributed by atoms with E-state index in [1.54, 1.807) is 24.3 Å². The van der Waals surface area contributed by atoms with Gasteiger partial charge in [0, 0.05) is 5.56 Å². The summed E-state index contributed by atoms with van der Waals surface area (Å²) in [4.78, 5) is 12.0. The molecule has 0 aliphatic rings. The molecule has 0 aromatic heterocycles. The fraction of sp³-hybridized carbons (Fsp3) is 0.500. The number of carbonyl (C=O) groups is 1. The summed E-state index contributed by atoms with van der Waals surface area (Å²) in [6.07, 6.45) is 0. The Kier molecular flexibility index (Phi) is 5.03. The van der Waals surface area contributed by atoms with Crippen LogP contribution in [0.3, 0.4) is 0 Å². The average molecular weight is 270 g/mol. The van der Waals surface area contributed by atoms with E-state index in [0.717, 1.165) is 5.75 Å². The maximum absolute atomic E-state index is 12.0. The van der Waals surface area contributed by atoms with E-state index in [9.17, 15) is 4.79 Å². The summed E-state index contributed by atoms with van der Waals surface area (Å²) in [5.41, 5.74) is 0.154. The van der Waals surface area contributed by atoms with E-state index < -0.39 is 5.54 Å². The van der Waals surface area contributed by atoms with Gasteiger partial charge in [0.05, 0.1) is 17.5 Å².